The molecule has 0 aliphatic carbocycles. The number of nitrogens with one attached hydrogen (secondary N) is 1. The zero-order valence-electron chi connectivity index (χ0n) is 15.8. The molecule has 0 radical (unpaired) electrons. The molecule has 5 heteroatoms. The van der Waals surface area contributed by atoms with E-state index in [2.05, 4.69) is 41.0 Å². The van der Waals surface area contributed by atoms with Gasteiger partial charge < -0.3 is 15.0 Å². The second-order valence-electron chi connectivity index (χ2n) is 6.27. The van der Waals surface area contributed by atoms with Crippen LogP contribution in [0.25, 0.3) is 11.3 Å². The smallest absolute Gasteiger partial charge is 0.120 e. The number of hydrogen-bond donors (Lipinski definition) is 1. The van der Waals surface area contributed by atoms with E-state index >= 15 is 0 Å². The Morgan fingerprint density at radius 3 is 2.68 bits per heavy atom. The van der Waals surface area contributed by atoms with E-state index in [1.54, 1.807) is 6.33 Å². The van der Waals surface area contributed by atoms with Gasteiger partial charge in [0.05, 0.1) is 5.69 Å². The van der Waals surface area contributed by atoms with Crippen molar-refractivity contribution in [1.82, 2.24) is 20.2 Å². The number of aromatic nitrogens is 2. The van der Waals surface area contributed by atoms with Gasteiger partial charge in [0.1, 0.15) is 18.7 Å². The minimum absolute atomic E-state index is 0.306. The molecule has 5 nitrogen and oxygen atoms in total. The summed E-state index contributed by atoms with van der Waals surface area (Å²) >= 11 is 0. The fourth-order valence-corrected chi connectivity index (χ4v) is 2.65. The lowest BCUT2D eigenvalue weighted by Crippen LogP contribution is -2.38. The average Bonchev–Trinajstić information content (AvgIpc) is 2.64. The number of benzene rings is 1. The van der Waals surface area contributed by atoms with Crippen molar-refractivity contribution < 1.29 is 4.74 Å². The minimum atomic E-state index is 0.306. The normalized spacial score (nSPS) is 12.4. The second kappa shape index (κ2) is 10.1. The maximum atomic E-state index is 5.95. The van der Waals surface area contributed by atoms with Crippen LogP contribution < -0.4 is 10.1 Å². The Bertz CT molecular complexity index is 643. The molecule has 0 aliphatic heterocycles. The van der Waals surface area contributed by atoms with Gasteiger partial charge in [0.25, 0.3) is 0 Å². The van der Waals surface area contributed by atoms with Crippen molar-refractivity contribution in [3.05, 3.63) is 42.4 Å². The van der Waals surface area contributed by atoms with E-state index in [0.29, 0.717) is 12.6 Å². The molecular formula is C20H30N4O. The minimum Gasteiger partial charge on any atom is -0.492 e. The fourth-order valence-electron chi connectivity index (χ4n) is 2.65. The van der Waals surface area contributed by atoms with Gasteiger partial charge in [-0.2, -0.15) is 0 Å². The molecule has 2 aromatic rings. The molecule has 1 heterocycles. The fraction of sp³-hybridized carbons (Fsp3) is 0.500. The predicted octanol–water partition coefficient (Wildman–Crippen LogP) is 3.15. The van der Waals surface area contributed by atoms with Crippen molar-refractivity contribution in [2.75, 3.05) is 32.8 Å². The third kappa shape index (κ3) is 6.44. The maximum absolute atomic E-state index is 5.95. The number of ether oxygens (including phenoxy) is 1. The Labute approximate surface area is 151 Å². The Morgan fingerprint density at radius 1 is 1.16 bits per heavy atom. The van der Waals surface area contributed by atoms with Crippen molar-refractivity contribution in [1.29, 1.82) is 0 Å². The molecule has 1 unspecified atom stereocenters. The van der Waals surface area contributed by atoms with E-state index in [1.807, 2.05) is 37.3 Å². The zero-order valence-corrected chi connectivity index (χ0v) is 15.8. The van der Waals surface area contributed by atoms with Crippen LogP contribution in [0.15, 0.2) is 36.7 Å². The Hall–Kier alpha value is -1.98. The monoisotopic (exact) mass is 342 g/mol. The molecule has 0 aliphatic rings. The highest BCUT2D eigenvalue weighted by Crippen LogP contribution is 2.22. The summed E-state index contributed by atoms with van der Waals surface area (Å²) in [7, 11) is 0. The van der Waals surface area contributed by atoms with Gasteiger partial charge in [-0.05, 0) is 45.1 Å². The van der Waals surface area contributed by atoms with Crippen LogP contribution in [0.2, 0.25) is 0 Å². The molecule has 0 saturated carbocycles. The standard InChI is InChI=1S/C20H30N4O/c1-5-24(6-2)11-10-21-17(4)14-25-19-9-7-8-18(13-19)20-12-16(3)22-15-23-20/h7-9,12-13,15,17,21H,5-6,10-11,14H2,1-4H3. The molecule has 1 aromatic carbocycles. The summed E-state index contributed by atoms with van der Waals surface area (Å²) in [5, 5.41) is 3.52. The first-order valence-corrected chi connectivity index (χ1v) is 9.10. The highest BCUT2D eigenvalue weighted by molar-refractivity contribution is 5.61. The number of hydrogen-bond acceptors (Lipinski definition) is 5. The summed E-state index contributed by atoms with van der Waals surface area (Å²) < 4.78 is 5.95. The third-order valence-corrected chi connectivity index (χ3v) is 4.25. The Balaban J connectivity index is 1.84. The van der Waals surface area contributed by atoms with Crippen LogP contribution in [-0.4, -0.2) is 53.7 Å². The number of aryl methyl sites for hydroxylation is 1. The number of likely N-dealkylation sites (N-methyl/N-ethyl adjacent to an activating group) is 1. The topological polar surface area (TPSA) is 50.3 Å². The van der Waals surface area contributed by atoms with Gasteiger partial charge in [-0.3, -0.25) is 0 Å². The van der Waals surface area contributed by atoms with Crippen molar-refractivity contribution >= 4 is 0 Å². The van der Waals surface area contributed by atoms with Crippen molar-refractivity contribution in [3.8, 4) is 17.0 Å². The summed E-state index contributed by atoms with van der Waals surface area (Å²) in [6.07, 6.45) is 1.60. The average molecular weight is 342 g/mol. The molecule has 0 amide bonds. The molecule has 0 bridgehead atoms. The molecule has 25 heavy (non-hydrogen) atoms. The maximum Gasteiger partial charge on any atom is 0.120 e. The van der Waals surface area contributed by atoms with E-state index < -0.39 is 0 Å². The van der Waals surface area contributed by atoms with E-state index in [1.165, 1.54) is 0 Å². The van der Waals surface area contributed by atoms with Gasteiger partial charge in [0.15, 0.2) is 0 Å². The highest BCUT2D eigenvalue weighted by Gasteiger charge is 2.06. The summed E-state index contributed by atoms with van der Waals surface area (Å²) in [5.74, 6) is 0.867. The molecule has 0 saturated heterocycles. The zero-order chi connectivity index (χ0) is 18.1. The first-order valence-electron chi connectivity index (χ1n) is 9.10. The molecule has 1 atom stereocenters. The van der Waals surface area contributed by atoms with Crippen LogP contribution in [0.4, 0.5) is 0 Å². The third-order valence-electron chi connectivity index (χ3n) is 4.25. The van der Waals surface area contributed by atoms with Gasteiger partial charge >= 0.3 is 0 Å². The lowest BCUT2D eigenvalue weighted by Gasteiger charge is -2.20. The van der Waals surface area contributed by atoms with Crippen LogP contribution >= 0.6 is 0 Å². The summed E-state index contributed by atoms with van der Waals surface area (Å²) in [6, 6.07) is 10.3. The van der Waals surface area contributed by atoms with Crippen molar-refractivity contribution in [2.45, 2.75) is 33.7 Å². The van der Waals surface area contributed by atoms with E-state index in [-0.39, 0.29) is 0 Å². The molecule has 1 N–H and O–H groups in total. The van der Waals surface area contributed by atoms with Crippen molar-refractivity contribution in [2.24, 2.45) is 0 Å². The van der Waals surface area contributed by atoms with Gasteiger partial charge in [0, 0.05) is 30.4 Å². The van der Waals surface area contributed by atoms with Crippen LogP contribution in [0.1, 0.15) is 26.5 Å². The lowest BCUT2D eigenvalue weighted by molar-refractivity contribution is 0.256. The highest BCUT2D eigenvalue weighted by atomic mass is 16.5. The molecular weight excluding hydrogens is 312 g/mol. The summed E-state index contributed by atoms with van der Waals surface area (Å²) in [5.41, 5.74) is 2.93. The van der Waals surface area contributed by atoms with Crippen molar-refractivity contribution in [3.63, 3.8) is 0 Å². The predicted molar refractivity (Wildman–Crippen MR) is 103 cm³/mol. The van der Waals surface area contributed by atoms with Gasteiger partial charge in [-0.25, -0.2) is 9.97 Å². The van der Waals surface area contributed by atoms with Gasteiger partial charge in [-0.1, -0.05) is 26.0 Å². The lowest BCUT2D eigenvalue weighted by atomic mass is 10.1. The molecule has 0 spiro atoms. The van der Waals surface area contributed by atoms with Gasteiger partial charge in [-0.15, -0.1) is 0 Å². The Morgan fingerprint density at radius 2 is 1.96 bits per heavy atom. The van der Waals surface area contributed by atoms with E-state index in [4.69, 9.17) is 4.74 Å². The largest absolute Gasteiger partial charge is 0.492 e. The molecule has 136 valence electrons. The SMILES string of the molecule is CCN(CC)CCNC(C)COc1cccc(-c2cc(C)ncn2)c1. The first-order chi connectivity index (χ1) is 12.1. The first kappa shape index (κ1) is 19.3. The molecule has 2 rings (SSSR count). The van der Waals surface area contributed by atoms with Crippen LogP contribution in [0.3, 0.4) is 0 Å². The number of rotatable bonds is 10. The molecule has 0 fully saturated rings. The number of nitrogens with zero attached hydrogens (tertiary/aromatic N) is 3. The Kier molecular flexibility index (Phi) is 7.82. The molecule has 1 aromatic heterocycles. The summed E-state index contributed by atoms with van der Waals surface area (Å²) in [6.45, 7) is 13.4. The second-order valence-corrected chi connectivity index (χ2v) is 6.27. The van der Waals surface area contributed by atoms with E-state index in [9.17, 15) is 0 Å². The van der Waals surface area contributed by atoms with Crippen LogP contribution in [-0.2, 0) is 0 Å². The van der Waals surface area contributed by atoms with Crippen LogP contribution in [0, 0.1) is 6.92 Å². The summed E-state index contributed by atoms with van der Waals surface area (Å²) in [4.78, 5) is 10.9. The van der Waals surface area contributed by atoms with E-state index in [0.717, 1.165) is 48.9 Å². The van der Waals surface area contributed by atoms with Gasteiger partial charge in [0.2, 0.25) is 0 Å². The quantitative estimate of drug-likeness (QED) is 0.719. The van der Waals surface area contributed by atoms with Crippen LogP contribution in [0.5, 0.6) is 5.75 Å².